The van der Waals surface area contributed by atoms with E-state index >= 15 is 0 Å². The van der Waals surface area contributed by atoms with Crippen LogP contribution in [0.4, 0.5) is 0 Å². The standard InChI is InChI=1S/C54H37N3Se/c1-33-31-45-39-23-10-9-21-37(39)32-46(45)49(34(33)2)52-53(36-19-7-4-8-20-36)55-57-56-54(52)51-41(40-24-12-11-22-38(40)35-17-5-3-6-18-35)26-15-27-43(51)42-28-16-30-48-50(42)44-25-13-14-29-47(44)58-48/h3-31H,32H2,1-2H3. The molecule has 0 saturated heterocycles. The van der Waals surface area contributed by atoms with Gasteiger partial charge >= 0.3 is 334 Å². The topological polar surface area (TPSA) is 38.7 Å². The van der Waals surface area contributed by atoms with Crippen molar-refractivity contribution >= 4 is 33.8 Å². The molecule has 0 saturated carbocycles. The molecule has 11 rings (SSSR count). The number of hydrogen-bond donors (Lipinski definition) is 0. The van der Waals surface area contributed by atoms with E-state index < -0.39 is 0 Å². The SMILES string of the molecule is Cc1cc2c(c(-c3c(-c4ccccc4)nnnc3-c3c(-c4ccccc4-c4ccccc4)cccc3-c3cccc4[se]c5ccccc5c34)c1C)Cc1ccccc1-2. The molecule has 2 aromatic heterocycles. The molecular formula is C54H37N3Se. The van der Waals surface area contributed by atoms with Crippen LogP contribution < -0.4 is 0 Å². The van der Waals surface area contributed by atoms with Crippen LogP contribution in [0, 0.1) is 13.8 Å². The molecule has 3 nitrogen and oxygen atoms in total. The van der Waals surface area contributed by atoms with Crippen molar-refractivity contribution in [2.45, 2.75) is 20.3 Å². The van der Waals surface area contributed by atoms with E-state index in [0.29, 0.717) is 0 Å². The first kappa shape index (κ1) is 34.5. The van der Waals surface area contributed by atoms with Gasteiger partial charge in [-0.1, -0.05) is 12.1 Å². The Kier molecular flexibility index (Phi) is 8.36. The first-order chi connectivity index (χ1) is 28.6. The Labute approximate surface area is 344 Å². The van der Waals surface area contributed by atoms with Crippen LogP contribution in [-0.4, -0.2) is 29.9 Å². The number of rotatable bonds is 6. The summed E-state index contributed by atoms with van der Waals surface area (Å²) >= 11 is 0.218. The van der Waals surface area contributed by atoms with Crippen molar-refractivity contribution in [3.63, 3.8) is 0 Å². The first-order valence-corrected chi connectivity index (χ1v) is 21.5. The molecule has 58 heavy (non-hydrogen) atoms. The molecule has 1 aliphatic rings. The normalized spacial score (nSPS) is 11.9. The third-order valence-corrected chi connectivity index (χ3v) is 14.4. The Balaban J connectivity index is 1.31. The number of nitrogens with zero attached hydrogens (tertiary/aromatic N) is 3. The van der Waals surface area contributed by atoms with E-state index in [1.807, 2.05) is 0 Å². The fourth-order valence-corrected chi connectivity index (χ4v) is 11.6. The van der Waals surface area contributed by atoms with E-state index in [-0.39, 0.29) is 14.5 Å². The quantitative estimate of drug-likeness (QED) is 0.157. The molecule has 4 heteroatoms. The van der Waals surface area contributed by atoms with Crippen LogP contribution in [0.3, 0.4) is 0 Å². The number of fused-ring (bicyclic) bond motifs is 6. The summed E-state index contributed by atoms with van der Waals surface area (Å²) in [4.78, 5) is 0. The molecular weight excluding hydrogens is 770 g/mol. The maximum atomic E-state index is 5.21. The van der Waals surface area contributed by atoms with Gasteiger partial charge < -0.3 is 0 Å². The van der Waals surface area contributed by atoms with Crippen LogP contribution in [0.1, 0.15) is 22.3 Å². The Morgan fingerprint density at radius 3 is 1.83 bits per heavy atom. The second-order valence-corrected chi connectivity index (χ2v) is 17.5. The minimum atomic E-state index is 0.218. The van der Waals surface area contributed by atoms with Gasteiger partial charge in [0.2, 0.25) is 0 Å². The molecule has 0 atom stereocenters. The average molecular weight is 807 g/mol. The van der Waals surface area contributed by atoms with Crippen molar-refractivity contribution in [3.05, 3.63) is 198 Å². The maximum absolute atomic E-state index is 5.21. The molecule has 0 fully saturated rings. The van der Waals surface area contributed by atoms with Crippen LogP contribution in [0.15, 0.2) is 176 Å². The van der Waals surface area contributed by atoms with Gasteiger partial charge in [0, 0.05) is 0 Å². The van der Waals surface area contributed by atoms with Crippen molar-refractivity contribution in [1.82, 2.24) is 15.4 Å². The summed E-state index contributed by atoms with van der Waals surface area (Å²) in [5.41, 5.74) is 20.6. The molecule has 0 radical (unpaired) electrons. The van der Waals surface area contributed by atoms with Gasteiger partial charge in [-0.25, -0.2) is 0 Å². The molecule has 0 spiro atoms. The molecule has 8 aromatic carbocycles. The zero-order valence-corrected chi connectivity index (χ0v) is 33.9. The van der Waals surface area contributed by atoms with E-state index in [4.69, 9.17) is 10.2 Å². The van der Waals surface area contributed by atoms with E-state index in [2.05, 4.69) is 195 Å². The number of aromatic nitrogens is 3. The Morgan fingerprint density at radius 2 is 1.02 bits per heavy atom. The zero-order valence-electron chi connectivity index (χ0n) is 32.2. The molecule has 0 amide bonds. The summed E-state index contributed by atoms with van der Waals surface area (Å²) in [5.74, 6) is 0. The van der Waals surface area contributed by atoms with Gasteiger partial charge in [-0.15, -0.1) is 0 Å². The van der Waals surface area contributed by atoms with Gasteiger partial charge in [0.25, 0.3) is 0 Å². The monoisotopic (exact) mass is 807 g/mol. The first-order valence-electron chi connectivity index (χ1n) is 19.8. The van der Waals surface area contributed by atoms with E-state index in [1.165, 1.54) is 74.9 Å². The van der Waals surface area contributed by atoms with Gasteiger partial charge in [0.05, 0.1) is 0 Å². The van der Waals surface area contributed by atoms with Crippen LogP contribution in [0.5, 0.6) is 0 Å². The number of benzene rings is 8. The molecule has 10 aromatic rings. The molecule has 2 heterocycles. The third-order valence-electron chi connectivity index (χ3n) is 12.0. The minimum absolute atomic E-state index is 0.218. The summed E-state index contributed by atoms with van der Waals surface area (Å²) in [6.45, 7) is 4.51. The molecule has 274 valence electrons. The second-order valence-electron chi connectivity index (χ2n) is 15.2. The summed E-state index contributed by atoms with van der Waals surface area (Å²) in [6.07, 6.45) is 0.842. The summed E-state index contributed by atoms with van der Waals surface area (Å²) in [5, 5.41) is 17.5. The van der Waals surface area contributed by atoms with Crippen molar-refractivity contribution < 1.29 is 0 Å². The zero-order chi connectivity index (χ0) is 38.7. The fraction of sp³-hybridized carbons (Fsp3) is 0.0556. The van der Waals surface area contributed by atoms with Gasteiger partial charge in [-0.3, -0.25) is 0 Å². The average Bonchev–Trinajstić information content (AvgIpc) is 3.85. The molecule has 0 bridgehead atoms. The van der Waals surface area contributed by atoms with Crippen molar-refractivity contribution in [3.8, 4) is 78.1 Å². The summed E-state index contributed by atoms with van der Waals surface area (Å²) in [7, 11) is 0. The second kappa shape index (κ2) is 14.0. The Morgan fingerprint density at radius 1 is 0.431 bits per heavy atom. The Hall–Kier alpha value is -6.71. The fourth-order valence-electron chi connectivity index (χ4n) is 9.24. The van der Waals surface area contributed by atoms with Gasteiger partial charge in [-0.05, 0) is 0 Å². The van der Waals surface area contributed by atoms with Crippen molar-refractivity contribution in [1.29, 1.82) is 0 Å². The van der Waals surface area contributed by atoms with Gasteiger partial charge in [-0.2, -0.15) is 0 Å². The van der Waals surface area contributed by atoms with Crippen LogP contribution in [0.25, 0.3) is 97.4 Å². The van der Waals surface area contributed by atoms with E-state index in [0.717, 1.165) is 51.2 Å². The van der Waals surface area contributed by atoms with E-state index in [9.17, 15) is 0 Å². The molecule has 1 aliphatic carbocycles. The summed E-state index contributed by atoms with van der Waals surface area (Å²) in [6, 6.07) is 63.9. The van der Waals surface area contributed by atoms with Crippen molar-refractivity contribution in [2.24, 2.45) is 0 Å². The Bertz CT molecular complexity index is 3220. The number of aryl methyl sites for hydroxylation is 1. The summed E-state index contributed by atoms with van der Waals surface area (Å²) < 4.78 is 2.83. The molecule has 0 N–H and O–H groups in total. The van der Waals surface area contributed by atoms with Crippen LogP contribution in [-0.2, 0) is 6.42 Å². The predicted octanol–water partition coefficient (Wildman–Crippen LogP) is 13.4. The van der Waals surface area contributed by atoms with Crippen molar-refractivity contribution in [2.75, 3.05) is 0 Å². The van der Waals surface area contributed by atoms with E-state index in [1.54, 1.807) is 0 Å². The van der Waals surface area contributed by atoms with Gasteiger partial charge in [0.15, 0.2) is 0 Å². The predicted molar refractivity (Wildman–Crippen MR) is 242 cm³/mol. The third kappa shape index (κ3) is 5.52. The van der Waals surface area contributed by atoms with Crippen LogP contribution in [0.2, 0.25) is 0 Å². The number of hydrogen-bond acceptors (Lipinski definition) is 3. The molecule has 0 unspecified atom stereocenters. The van der Waals surface area contributed by atoms with Gasteiger partial charge in [0.1, 0.15) is 0 Å². The molecule has 0 aliphatic heterocycles. The van der Waals surface area contributed by atoms with Crippen LogP contribution >= 0.6 is 0 Å².